The van der Waals surface area contributed by atoms with E-state index < -0.39 is 8.03 Å². The van der Waals surface area contributed by atoms with Gasteiger partial charge in [0.05, 0.1) is 12.7 Å². The topological polar surface area (TPSA) is 35.5 Å². The average Bonchev–Trinajstić information content (AvgIpc) is 2.24. The van der Waals surface area contributed by atoms with Crippen LogP contribution in [0.1, 0.15) is 13.8 Å². The Balaban J connectivity index is 4.20. The van der Waals surface area contributed by atoms with Gasteiger partial charge in [0, 0.05) is 11.8 Å². The second-order valence-electron chi connectivity index (χ2n) is 3.47. The lowest BCUT2D eigenvalue weighted by atomic mass is 9.95. The first-order valence-corrected chi connectivity index (χ1v) is 7.19. The van der Waals surface area contributed by atoms with E-state index in [1.165, 1.54) is 0 Å². The van der Waals surface area contributed by atoms with Crippen molar-refractivity contribution in [3.05, 3.63) is 0 Å². The second-order valence-corrected chi connectivity index (χ2v) is 5.20. The highest BCUT2D eigenvalue weighted by Crippen LogP contribution is 2.32. The summed E-state index contributed by atoms with van der Waals surface area (Å²) in [4.78, 5) is 10.8. The predicted molar refractivity (Wildman–Crippen MR) is 68.6 cm³/mol. The van der Waals surface area contributed by atoms with E-state index in [2.05, 4.69) is 0 Å². The summed E-state index contributed by atoms with van der Waals surface area (Å²) in [5.41, 5.74) is 0. The first kappa shape index (κ1) is 13.6. The molecule has 0 spiro atoms. The Kier molecular flexibility index (Phi) is 7.80. The molecule has 0 rings (SSSR count). The smallest absolute Gasteiger partial charge is 0.209 e. The van der Waals surface area contributed by atoms with Crippen LogP contribution in [0.15, 0.2) is 0 Å². The number of carbonyl (C=O) groups is 1. The van der Waals surface area contributed by atoms with Crippen LogP contribution in [0.5, 0.6) is 0 Å². The number of aldehydes is 1. The van der Waals surface area contributed by atoms with Gasteiger partial charge in [-0.1, -0.05) is 25.7 Å². The summed E-state index contributed by atoms with van der Waals surface area (Å²) in [5, 5.41) is 0. The molecule has 3 nitrogen and oxygen atoms in total. The highest BCUT2D eigenvalue weighted by Gasteiger charge is 2.25. The number of carbonyl (C=O) groups excluding carboxylic acids is 1. The molecular formula is C8H16B2O3PS. The normalized spacial score (nSPS) is 19.8. The molecular weight excluding hydrogens is 229 g/mol. The van der Waals surface area contributed by atoms with Crippen LogP contribution in [-0.2, 0) is 13.5 Å². The van der Waals surface area contributed by atoms with E-state index in [1.807, 2.05) is 6.92 Å². The molecule has 0 aliphatic rings. The molecule has 83 valence electrons. The minimum atomic E-state index is -0.995. The molecule has 7 heteroatoms. The number of hydrogen-bond donors (Lipinski definition) is 0. The van der Waals surface area contributed by atoms with E-state index in [4.69, 9.17) is 17.6 Å². The van der Waals surface area contributed by atoms with Crippen molar-refractivity contribution in [2.75, 3.05) is 13.3 Å². The summed E-state index contributed by atoms with van der Waals surface area (Å²) in [6, 6.07) is 0. The van der Waals surface area contributed by atoms with Gasteiger partial charge in [-0.2, -0.15) is 0 Å². The number of rotatable bonds is 9. The molecule has 0 aromatic heterocycles. The van der Waals surface area contributed by atoms with Gasteiger partial charge in [0.25, 0.3) is 0 Å². The highest BCUT2D eigenvalue weighted by molar-refractivity contribution is 8.15. The van der Waals surface area contributed by atoms with Gasteiger partial charge < -0.3 is 13.5 Å². The molecule has 0 heterocycles. The third kappa shape index (κ3) is 6.62. The molecule has 4 atom stereocenters. The lowest BCUT2D eigenvalue weighted by Gasteiger charge is -2.28. The van der Waals surface area contributed by atoms with Crippen molar-refractivity contribution in [1.29, 1.82) is 1.34 Å². The van der Waals surface area contributed by atoms with Crippen LogP contribution in [-0.4, -0.2) is 41.7 Å². The summed E-state index contributed by atoms with van der Waals surface area (Å²) in [6.45, 7) is 5.95. The molecule has 0 aromatic carbocycles. The minimum Gasteiger partial charge on any atom is -0.366 e. The minimum absolute atomic E-state index is 0.0566. The quantitative estimate of drug-likeness (QED) is 0.203. The molecule has 4 unspecified atom stereocenters. The summed E-state index contributed by atoms with van der Waals surface area (Å²) < 4.78 is 17.5. The van der Waals surface area contributed by atoms with Crippen molar-refractivity contribution >= 4 is 40.9 Å². The standard InChI is InChI=1S/C8H16B2O3PS/c1-6(4-11)8(13-14(3)9)7(2)5-12-15-10/h4,6-8,10H,5H2,1-3H3/i10T. The maximum absolute atomic E-state index is 10.8. The van der Waals surface area contributed by atoms with Crippen LogP contribution >= 0.6 is 19.9 Å². The molecule has 0 aliphatic heterocycles. The van der Waals surface area contributed by atoms with Crippen molar-refractivity contribution < 1.29 is 13.5 Å². The molecule has 3 radical (unpaired) electrons. The van der Waals surface area contributed by atoms with Gasteiger partial charge in [0.1, 0.15) is 13.9 Å². The highest BCUT2D eigenvalue weighted by atomic mass is 32.2. The van der Waals surface area contributed by atoms with E-state index in [0.717, 1.165) is 25.3 Å². The van der Waals surface area contributed by atoms with Gasteiger partial charge >= 0.3 is 0 Å². The molecule has 0 aliphatic carbocycles. The molecule has 0 fully saturated rings. The Bertz CT molecular complexity index is 202. The summed E-state index contributed by atoms with van der Waals surface area (Å²) >= 11 is 0.964. The van der Waals surface area contributed by atoms with Crippen LogP contribution in [0.2, 0.25) is 0 Å². The van der Waals surface area contributed by atoms with Gasteiger partial charge in [-0.3, -0.25) is 0 Å². The zero-order valence-electron chi connectivity index (χ0n) is 10.3. The summed E-state index contributed by atoms with van der Waals surface area (Å²) in [7, 11) is 5.74. The van der Waals surface area contributed by atoms with E-state index in [9.17, 15) is 4.79 Å². The Labute approximate surface area is 101 Å². The largest absolute Gasteiger partial charge is 0.366 e. The van der Waals surface area contributed by atoms with Crippen LogP contribution < -0.4 is 0 Å². The van der Waals surface area contributed by atoms with Crippen molar-refractivity contribution in [3.63, 3.8) is 0 Å². The van der Waals surface area contributed by atoms with E-state index in [-0.39, 0.29) is 17.9 Å². The first-order chi connectivity index (χ1) is 7.52. The fourth-order valence-electron chi connectivity index (χ4n) is 1.23. The van der Waals surface area contributed by atoms with Crippen LogP contribution in [0, 0.1) is 11.8 Å². The Morgan fingerprint density at radius 3 is 2.87 bits per heavy atom. The summed E-state index contributed by atoms with van der Waals surface area (Å²) in [6.07, 6.45) is 0.633. The van der Waals surface area contributed by atoms with Crippen molar-refractivity contribution in [2.24, 2.45) is 11.8 Å². The number of hydrogen-bond acceptors (Lipinski definition) is 4. The van der Waals surface area contributed by atoms with Gasteiger partial charge in [-0.15, -0.1) is 0 Å². The fraction of sp³-hybridized carbons (Fsp3) is 0.875. The van der Waals surface area contributed by atoms with Gasteiger partial charge in [-0.05, 0) is 16.0 Å². The van der Waals surface area contributed by atoms with Gasteiger partial charge in [0.2, 0.25) is 7.09 Å². The maximum atomic E-state index is 10.8. The maximum Gasteiger partial charge on any atom is 0.209 e. The third-order valence-electron chi connectivity index (χ3n) is 1.98. The zero-order valence-corrected chi connectivity index (χ0v) is 11.0. The lowest BCUT2D eigenvalue weighted by Crippen LogP contribution is -2.31. The fourth-order valence-corrected chi connectivity index (χ4v) is 2.31. The Hall–Kier alpha value is 0.500. The second kappa shape index (κ2) is 8.63. The van der Waals surface area contributed by atoms with Crippen LogP contribution in [0.25, 0.3) is 0 Å². The zero-order chi connectivity index (χ0) is 12.6. The first-order valence-electron chi connectivity index (χ1n) is 5.19. The predicted octanol–water partition coefficient (Wildman–Crippen LogP) is 1.43. The Morgan fingerprint density at radius 1 is 1.73 bits per heavy atom. The van der Waals surface area contributed by atoms with Crippen molar-refractivity contribution in [3.8, 4) is 0 Å². The molecule has 0 N–H and O–H groups in total. The molecule has 0 saturated carbocycles. The molecule has 0 amide bonds. The van der Waals surface area contributed by atoms with E-state index in [0.29, 0.717) is 6.61 Å². The van der Waals surface area contributed by atoms with Gasteiger partial charge in [-0.25, -0.2) is 0 Å². The molecule has 0 aromatic rings. The average molecular weight is 247 g/mol. The molecule has 0 bridgehead atoms. The van der Waals surface area contributed by atoms with Crippen LogP contribution in [0.4, 0.5) is 0 Å². The lowest BCUT2D eigenvalue weighted by molar-refractivity contribution is -0.113. The summed E-state index contributed by atoms with van der Waals surface area (Å²) in [5.74, 6) is -0.154. The third-order valence-corrected chi connectivity index (χ3v) is 2.83. The SMILES string of the molecule is [3H][B]SOCC(C)C(OP([B])C)C(C)C=O. The molecule has 0 saturated heterocycles. The van der Waals surface area contributed by atoms with Crippen molar-refractivity contribution in [2.45, 2.75) is 20.0 Å². The van der Waals surface area contributed by atoms with Crippen LogP contribution in [0.3, 0.4) is 0 Å². The van der Waals surface area contributed by atoms with Gasteiger partial charge in [0.15, 0.2) is 0 Å². The van der Waals surface area contributed by atoms with E-state index >= 15 is 0 Å². The van der Waals surface area contributed by atoms with E-state index in [1.54, 1.807) is 13.6 Å². The molecule has 15 heavy (non-hydrogen) atoms. The Morgan fingerprint density at radius 2 is 2.40 bits per heavy atom. The monoisotopic (exact) mass is 247 g/mol. The van der Waals surface area contributed by atoms with Crippen molar-refractivity contribution in [1.82, 2.24) is 0 Å².